The summed E-state index contributed by atoms with van der Waals surface area (Å²) in [4.78, 5) is 4.75. The van der Waals surface area contributed by atoms with Crippen LogP contribution in [0, 0.1) is 0 Å². The molecule has 0 amide bonds. The second-order valence-corrected chi connectivity index (χ2v) is 6.64. The molecule has 2 nitrogen and oxygen atoms in total. The largest absolute Gasteiger partial charge is 0.354 e. The SMILES string of the molecule is CCN(CN(CC)c1ccc(Br)cc1)c1ccc(Br)cc1. The number of benzene rings is 2. The second-order valence-electron chi connectivity index (χ2n) is 4.81. The van der Waals surface area contributed by atoms with E-state index >= 15 is 0 Å². The smallest absolute Gasteiger partial charge is 0.0902 e. The van der Waals surface area contributed by atoms with E-state index in [0.29, 0.717) is 0 Å². The van der Waals surface area contributed by atoms with Crippen LogP contribution in [0.1, 0.15) is 13.8 Å². The lowest BCUT2D eigenvalue weighted by Gasteiger charge is -2.32. The maximum Gasteiger partial charge on any atom is 0.0902 e. The van der Waals surface area contributed by atoms with Crippen molar-refractivity contribution in [1.82, 2.24) is 0 Å². The van der Waals surface area contributed by atoms with Gasteiger partial charge < -0.3 is 9.80 Å². The van der Waals surface area contributed by atoms with Crippen molar-refractivity contribution < 1.29 is 0 Å². The van der Waals surface area contributed by atoms with Crippen LogP contribution in [0.4, 0.5) is 11.4 Å². The molecule has 2 aromatic rings. The highest BCUT2D eigenvalue weighted by Gasteiger charge is 2.10. The molecule has 2 aromatic carbocycles. The molecule has 0 unspecified atom stereocenters. The average Bonchev–Trinajstić information content (AvgIpc) is 2.51. The van der Waals surface area contributed by atoms with Gasteiger partial charge in [-0.05, 0) is 62.4 Å². The molecular weight excluding hydrogens is 392 g/mol. The minimum Gasteiger partial charge on any atom is -0.354 e. The van der Waals surface area contributed by atoms with Gasteiger partial charge in [-0.3, -0.25) is 0 Å². The number of nitrogens with zero attached hydrogens (tertiary/aromatic N) is 2. The van der Waals surface area contributed by atoms with Crippen molar-refractivity contribution in [3.05, 3.63) is 57.5 Å². The van der Waals surface area contributed by atoms with Gasteiger partial charge in [-0.1, -0.05) is 31.9 Å². The predicted octanol–water partition coefficient (Wildman–Crippen LogP) is 5.52. The highest BCUT2D eigenvalue weighted by Crippen LogP contribution is 2.22. The molecule has 0 radical (unpaired) electrons. The molecule has 0 aromatic heterocycles. The fourth-order valence-corrected chi connectivity index (χ4v) is 2.77. The van der Waals surface area contributed by atoms with Crippen LogP contribution in [0.5, 0.6) is 0 Å². The van der Waals surface area contributed by atoms with Gasteiger partial charge in [0.05, 0.1) is 6.67 Å². The van der Waals surface area contributed by atoms with E-state index in [1.165, 1.54) is 11.4 Å². The van der Waals surface area contributed by atoms with Crippen LogP contribution in [0.15, 0.2) is 57.5 Å². The zero-order valence-electron chi connectivity index (χ0n) is 12.4. The number of anilines is 2. The Morgan fingerprint density at radius 3 is 1.29 bits per heavy atom. The molecule has 21 heavy (non-hydrogen) atoms. The van der Waals surface area contributed by atoms with E-state index in [4.69, 9.17) is 0 Å². The molecule has 112 valence electrons. The highest BCUT2D eigenvalue weighted by atomic mass is 79.9. The lowest BCUT2D eigenvalue weighted by atomic mass is 10.2. The summed E-state index contributed by atoms with van der Waals surface area (Å²) in [6.45, 7) is 7.23. The van der Waals surface area contributed by atoms with E-state index in [0.717, 1.165) is 28.7 Å². The Morgan fingerprint density at radius 1 is 0.667 bits per heavy atom. The molecule has 0 spiro atoms. The molecule has 0 aliphatic rings. The minimum atomic E-state index is 0.885. The summed E-state index contributed by atoms with van der Waals surface area (Å²) in [7, 11) is 0. The van der Waals surface area contributed by atoms with Crippen molar-refractivity contribution in [2.24, 2.45) is 0 Å². The minimum absolute atomic E-state index is 0.885. The summed E-state index contributed by atoms with van der Waals surface area (Å²) in [5, 5.41) is 0. The first kappa shape index (κ1) is 16.4. The fraction of sp³-hybridized carbons (Fsp3) is 0.294. The van der Waals surface area contributed by atoms with Crippen molar-refractivity contribution >= 4 is 43.2 Å². The first-order valence-corrected chi connectivity index (χ1v) is 8.73. The summed E-state index contributed by atoms with van der Waals surface area (Å²) < 4.78 is 2.23. The first-order valence-electron chi connectivity index (χ1n) is 7.15. The summed E-state index contributed by atoms with van der Waals surface area (Å²) in [5.41, 5.74) is 2.49. The lowest BCUT2D eigenvalue weighted by molar-refractivity contribution is 0.754. The summed E-state index contributed by atoms with van der Waals surface area (Å²) >= 11 is 6.98. The van der Waals surface area contributed by atoms with Gasteiger partial charge in [-0.15, -0.1) is 0 Å². The van der Waals surface area contributed by atoms with Crippen LogP contribution < -0.4 is 9.80 Å². The number of hydrogen-bond donors (Lipinski definition) is 0. The van der Waals surface area contributed by atoms with Crippen molar-refractivity contribution in [2.45, 2.75) is 13.8 Å². The van der Waals surface area contributed by atoms with Crippen molar-refractivity contribution in [1.29, 1.82) is 0 Å². The van der Waals surface area contributed by atoms with E-state index in [9.17, 15) is 0 Å². The average molecular weight is 412 g/mol. The zero-order valence-corrected chi connectivity index (χ0v) is 15.6. The molecule has 0 fully saturated rings. The Morgan fingerprint density at radius 2 is 1.00 bits per heavy atom. The van der Waals surface area contributed by atoms with Gasteiger partial charge in [0.15, 0.2) is 0 Å². The standard InChI is InChI=1S/C17H20Br2N2/c1-3-20(16-9-5-14(18)6-10-16)13-21(4-2)17-11-7-15(19)8-12-17/h5-12H,3-4,13H2,1-2H3. The Balaban J connectivity index is 2.15. The highest BCUT2D eigenvalue weighted by molar-refractivity contribution is 9.10. The van der Waals surface area contributed by atoms with Crippen LogP contribution in [-0.2, 0) is 0 Å². The van der Waals surface area contributed by atoms with Crippen LogP contribution in [0.25, 0.3) is 0 Å². The number of rotatable bonds is 6. The Labute approximate surface area is 144 Å². The third kappa shape index (κ3) is 4.48. The van der Waals surface area contributed by atoms with E-state index in [1.807, 2.05) is 0 Å². The lowest BCUT2D eigenvalue weighted by Crippen LogP contribution is -2.38. The topological polar surface area (TPSA) is 6.48 Å². The van der Waals surface area contributed by atoms with Crippen LogP contribution >= 0.6 is 31.9 Å². The van der Waals surface area contributed by atoms with Crippen LogP contribution in [0.2, 0.25) is 0 Å². The van der Waals surface area contributed by atoms with Gasteiger partial charge in [0.25, 0.3) is 0 Å². The monoisotopic (exact) mass is 410 g/mol. The maximum atomic E-state index is 3.49. The second kappa shape index (κ2) is 7.85. The van der Waals surface area contributed by atoms with Gasteiger partial charge in [0, 0.05) is 33.4 Å². The van der Waals surface area contributed by atoms with Crippen LogP contribution in [-0.4, -0.2) is 19.8 Å². The maximum absolute atomic E-state index is 3.49. The Kier molecular flexibility index (Phi) is 6.12. The van der Waals surface area contributed by atoms with E-state index in [2.05, 4.69) is 104 Å². The van der Waals surface area contributed by atoms with Crippen LogP contribution in [0.3, 0.4) is 0 Å². The first-order chi connectivity index (χ1) is 10.1. The fourth-order valence-electron chi connectivity index (χ4n) is 2.24. The van der Waals surface area contributed by atoms with Crippen molar-refractivity contribution in [2.75, 3.05) is 29.6 Å². The quantitative estimate of drug-likeness (QED) is 0.577. The zero-order chi connectivity index (χ0) is 15.2. The van der Waals surface area contributed by atoms with Gasteiger partial charge in [0.1, 0.15) is 0 Å². The van der Waals surface area contributed by atoms with Gasteiger partial charge in [0.2, 0.25) is 0 Å². The molecule has 0 aliphatic carbocycles. The number of halogens is 2. The molecule has 2 rings (SSSR count). The summed E-state index contributed by atoms with van der Waals surface area (Å²) in [6.07, 6.45) is 0. The molecule has 0 bridgehead atoms. The van der Waals surface area contributed by atoms with Crippen molar-refractivity contribution in [3.63, 3.8) is 0 Å². The number of hydrogen-bond acceptors (Lipinski definition) is 2. The van der Waals surface area contributed by atoms with E-state index in [-0.39, 0.29) is 0 Å². The van der Waals surface area contributed by atoms with E-state index in [1.54, 1.807) is 0 Å². The van der Waals surface area contributed by atoms with Gasteiger partial charge >= 0.3 is 0 Å². The van der Waals surface area contributed by atoms with Gasteiger partial charge in [-0.2, -0.15) is 0 Å². The summed E-state index contributed by atoms with van der Waals surface area (Å²) in [5.74, 6) is 0. The molecule has 0 saturated heterocycles. The predicted molar refractivity (Wildman–Crippen MR) is 99.2 cm³/mol. The molecule has 0 aliphatic heterocycles. The van der Waals surface area contributed by atoms with Crippen molar-refractivity contribution in [3.8, 4) is 0 Å². The Hall–Kier alpha value is -1.00. The van der Waals surface area contributed by atoms with Gasteiger partial charge in [-0.25, -0.2) is 0 Å². The molecule has 4 heteroatoms. The third-order valence-corrected chi connectivity index (χ3v) is 4.55. The normalized spacial score (nSPS) is 10.5. The molecule has 0 heterocycles. The molecule has 0 atom stereocenters. The molecular formula is C17H20Br2N2. The Bertz CT molecular complexity index is 501. The van der Waals surface area contributed by atoms with E-state index < -0.39 is 0 Å². The molecule has 0 N–H and O–H groups in total. The third-order valence-electron chi connectivity index (χ3n) is 3.49. The summed E-state index contributed by atoms with van der Waals surface area (Å²) in [6, 6.07) is 17.0. The molecule has 0 saturated carbocycles.